The van der Waals surface area contributed by atoms with Crippen molar-refractivity contribution in [2.24, 2.45) is 11.5 Å². The summed E-state index contributed by atoms with van der Waals surface area (Å²) in [5.41, 5.74) is 9.71. The number of carbonyl (C=O) groups excluding carboxylic acids is 2. The zero-order chi connectivity index (χ0) is 11.9. The summed E-state index contributed by atoms with van der Waals surface area (Å²) in [4.78, 5) is 20.9. The molecule has 0 fully saturated rings. The van der Waals surface area contributed by atoms with Gasteiger partial charge in [0.1, 0.15) is 19.8 Å². The van der Waals surface area contributed by atoms with E-state index in [9.17, 15) is 9.59 Å². The Morgan fingerprint density at radius 1 is 1.00 bits per heavy atom. The Morgan fingerprint density at radius 3 is 1.53 bits per heavy atom. The van der Waals surface area contributed by atoms with E-state index in [0.29, 0.717) is 0 Å². The molecular formula is C6H16N4O4P+. The average molecular weight is 239 g/mol. The van der Waals surface area contributed by atoms with Crippen LogP contribution >= 0.6 is 7.26 Å². The van der Waals surface area contributed by atoms with Gasteiger partial charge >= 0.3 is 12.1 Å². The van der Waals surface area contributed by atoms with Crippen LogP contribution in [0.25, 0.3) is 0 Å². The lowest BCUT2D eigenvalue weighted by molar-refractivity contribution is 0.250. The number of nitrogens with two attached hydrogens (primary N) is 2. The van der Waals surface area contributed by atoms with Gasteiger partial charge in [0, 0.05) is 0 Å². The number of hydrogen-bond acceptors (Lipinski definition) is 4. The number of aliphatic hydroxyl groups is 2. The third-order valence-corrected chi connectivity index (χ3v) is 4.64. The smallest absolute Gasteiger partial charge is 0.314 e. The number of primary amides is 2. The zero-order valence-corrected chi connectivity index (χ0v) is 9.04. The minimum absolute atomic E-state index is 0.0512. The van der Waals surface area contributed by atoms with Crippen molar-refractivity contribution in [2.45, 2.75) is 0 Å². The van der Waals surface area contributed by atoms with E-state index >= 15 is 0 Å². The van der Waals surface area contributed by atoms with Crippen molar-refractivity contribution in [3.05, 3.63) is 0 Å². The lowest BCUT2D eigenvalue weighted by atomic mass is 11.0. The fourth-order valence-corrected chi connectivity index (χ4v) is 2.38. The molecule has 0 heterocycles. The molecule has 0 aromatic rings. The van der Waals surface area contributed by atoms with Crippen molar-refractivity contribution >= 4 is 19.3 Å². The molecular weight excluding hydrogens is 223 g/mol. The number of urea groups is 2. The molecule has 0 rings (SSSR count). The number of carbonyl (C=O) groups is 2. The molecule has 0 saturated heterocycles. The topological polar surface area (TPSA) is 151 Å². The van der Waals surface area contributed by atoms with E-state index in [4.69, 9.17) is 21.7 Å². The summed E-state index contributed by atoms with van der Waals surface area (Å²) >= 11 is 0. The molecule has 8 nitrogen and oxygen atoms in total. The van der Waals surface area contributed by atoms with Gasteiger partial charge in [-0.15, -0.1) is 0 Å². The molecule has 0 saturated carbocycles. The van der Waals surface area contributed by atoms with Crippen molar-refractivity contribution in [3.8, 4) is 0 Å². The molecule has 8 N–H and O–H groups in total. The highest BCUT2D eigenvalue weighted by Crippen LogP contribution is 2.54. The summed E-state index contributed by atoms with van der Waals surface area (Å²) in [5, 5.41) is 22.8. The summed E-state index contributed by atoms with van der Waals surface area (Å²) < 4.78 is 0. The van der Waals surface area contributed by atoms with E-state index in [2.05, 4.69) is 10.6 Å². The van der Waals surface area contributed by atoms with E-state index in [-0.39, 0.29) is 25.3 Å². The zero-order valence-electron chi connectivity index (χ0n) is 8.14. The quantitative estimate of drug-likeness (QED) is 0.301. The van der Waals surface area contributed by atoms with Crippen molar-refractivity contribution < 1.29 is 19.8 Å². The molecule has 0 unspecified atom stereocenters. The average Bonchev–Trinajstić information content (AvgIpc) is 2.19. The Balaban J connectivity index is 4.29. The second-order valence-corrected chi connectivity index (χ2v) is 6.90. The fourth-order valence-electron chi connectivity index (χ4n) is 0.792. The van der Waals surface area contributed by atoms with Crippen LogP contribution in [0.5, 0.6) is 0 Å². The second-order valence-electron chi connectivity index (χ2n) is 3.02. The van der Waals surface area contributed by atoms with E-state index in [0.717, 1.165) is 0 Å². The van der Waals surface area contributed by atoms with Gasteiger partial charge in [-0.3, -0.25) is 0 Å². The molecule has 0 aliphatic rings. The van der Waals surface area contributed by atoms with Gasteiger partial charge in [0.05, 0.1) is 0 Å². The highest BCUT2D eigenvalue weighted by atomic mass is 31.2. The largest absolute Gasteiger partial charge is 0.361 e. The first-order valence-corrected chi connectivity index (χ1v) is 6.62. The van der Waals surface area contributed by atoms with Crippen molar-refractivity contribution in [3.63, 3.8) is 0 Å². The summed E-state index contributed by atoms with van der Waals surface area (Å²) in [6.45, 7) is 0. The summed E-state index contributed by atoms with van der Waals surface area (Å²) in [7, 11) is -2.28. The molecule has 0 aliphatic carbocycles. The Morgan fingerprint density at radius 2 is 1.33 bits per heavy atom. The predicted octanol–water partition coefficient (Wildman–Crippen LogP) is -1.84. The van der Waals surface area contributed by atoms with E-state index in [1.165, 1.54) is 0 Å². The molecule has 0 aromatic heterocycles. The molecule has 0 aliphatic heterocycles. The first-order chi connectivity index (χ1) is 6.95. The molecule has 0 atom stereocenters. The highest BCUT2D eigenvalue weighted by molar-refractivity contribution is 7.75. The van der Waals surface area contributed by atoms with Crippen LogP contribution in [0.1, 0.15) is 0 Å². The van der Waals surface area contributed by atoms with Crippen LogP contribution in [0.4, 0.5) is 9.59 Å². The van der Waals surface area contributed by atoms with Crippen molar-refractivity contribution in [1.82, 2.24) is 10.6 Å². The molecule has 9 heteroatoms. The lowest BCUT2D eigenvalue weighted by Crippen LogP contribution is -2.38. The summed E-state index contributed by atoms with van der Waals surface area (Å²) in [5.74, 6) is 0. The predicted molar refractivity (Wildman–Crippen MR) is 56.3 cm³/mol. The first kappa shape index (κ1) is 13.9. The van der Waals surface area contributed by atoms with Crippen molar-refractivity contribution in [2.75, 3.05) is 25.3 Å². The van der Waals surface area contributed by atoms with Crippen LogP contribution < -0.4 is 22.1 Å². The van der Waals surface area contributed by atoms with Crippen LogP contribution in [-0.4, -0.2) is 47.5 Å². The van der Waals surface area contributed by atoms with Gasteiger partial charge in [0.25, 0.3) is 0 Å². The van der Waals surface area contributed by atoms with Crippen LogP contribution in [0.2, 0.25) is 0 Å². The van der Waals surface area contributed by atoms with Gasteiger partial charge in [-0.05, 0) is 0 Å². The maximum absolute atomic E-state index is 10.5. The Hall–Kier alpha value is -1.11. The summed E-state index contributed by atoms with van der Waals surface area (Å²) in [6.07, 6.45) is -0.528. The highest BCUT2D eigenvalue weighted by Gasteiger charge is 2.37. The van der Waals surface area contributed by atoms with Gasteiger partial charge < -0.3 is 32.3 Å². The molecule has 88 valence electrons. The maximum atomic E-state index is 10.5. The van der Waals surface area contributed by atoms with E-state index in [1.807, 2.05) is 0 Å². The lowest BCUT2D eigenvalue weighted by Gasteiger charge is -2.22. The Kier molecular flexibility index (Phi) is 5.92. The first-order valence-electron chi connectivity index (χ1n) is 4.09. The number of aliphatic hydroxyl groups excluding tert-OH is 2. The minimum Gasteiger partial charge on any atom is -0.361 e. The third kappa shape index (κ3) is 5.36. The minimum atomic E-state index is -2.28. The molecule has 0 spiro atoms. The number of rotatable bonds is 6. The number of nitrogens with one attached hydrogen (secondary N) is 2. The van der Waals surface area contributed by atoms with Crippen LogP contribution in [0.3, 0.4) is 0 Å². The Bertz CT molecular complexity index is 213. The molecule has 4 amide bonds. The maximum Gasteiger partial charge on any atom is 0.314 e. The van der Waals surface area contributed by atoms with Gasteiger partial charge in [-0.1, -0.05) is 0 Å². The monoisotopic (exact) mass is 239 g/mol. The van der Waals surface area contributed by atoms with Crippen LogP contribution in [0.15, 0.2) is 0 Å². The number of hydrogen-bond donors (Lipinski definition) is 6. The van der Waals surface area contributed by atoms with Gasteiger partial charge in [-0.2, -0.15) is 0 Å². The third-order valence-electron chi connectivity index (χ3n) is 1.78. The summed E-state index contributed by atoms with van der Waals surface area (Å²) in [6, 6.07) is -1.50. The van der Waals surface area contributed by atoms with E-state index in [1.54, 1.807) is 0 Å². The van der Waals surface area contributed by atoms with Gasteiger partial charge in [0.2, 0.25) is 0 Å². The molecule has 15 heavy (non-hydrogen) atoms. The fraction of sp³-hybridized carbons (Fsp3) is 0.667. The SMILES string of the molecule is NC(=O)NC[P+](CO)(CO)CNC(N)=O. The van der Waals surface area contributed by atoms with E-state index < -0.39 is 19.3 Å². The van der Waals surface area contributed by atoms with Crippen LogP contribution in [0, 0.1) is 0 Å². The normalized spacial score (nSPS) is 10.8. The van der Waals surface area contributed by atoms with Gasteiger partial charge in [0.15, 0.2) is 12.7 Å². The van der Waals surface area contributed by atoms with Crippen LogP contribution in [-0.2, 0) is 0 Å². The Labute approximate surface area is 87.3 Å². The van der Waals surface area contributed by atoms with Crippen molar-refractivity contribution in [1.29, 1.82) is 0 Å². The standard InChI is InChI=1S/C6H15N4O4P/c7-5(13)9-1-15(3-11,4-12)2-10-6(8)14/h11-12H,1-4H2,(H5-,7,8,9,10,13,14)/p+1. The molecule has 0 radical (unpaired) electrons. The van der Waals surface area contributed by atoms with Gasteiger partial charge in [-0.25, -0.2) is 9.59 Å². The molecule has 0 aromatic carbocycles. The number of amides is 4. The second kappa shape index (κ2) is 6.39. The molecule has 0 bridgehead atoms.